The minimum absolute atomic E-state index is 0.0602. The van der Waals surface area contributed by atoms with Crippen molar-refractivity contribution in [2.24, 2.45) is 0 Å². The molecule has 0 bridgehead atoms. The molecule has 0 saturated carbocycles. The number of hydrogen-bond acceptors (Lipinski definition) is 9. The predicted molar refractivity (Wildman–Crippen MR) is 163 cm³/mol. The quantitative estimate of drug-likeness (QED) is 0.231. The van der Waals surface area contributed by atoms with E-state index in [2.05, 4.69) is 24.9 Å². The van der Waals surface area contributed by atoms with Crippen LogP contribution in [0.25, 0.3) is 22.0 Å². The molecule has 10 nitrogen and oxygen atoms in total. The number of aliphatic hydroxyl groups is 1. The highest BCUT2D eigenvalue weighted by molar-refractivity contribution is 7.92. The number of benzene rings is 3. The average Bonchev–Trinajstić information content (AvgIpc) is 3.37. The lowest BCUT2D eigenvalue weighted by Crippen LogP contribution is -2.40. The molecule has 14 heteroatoms. The summed E-state index contributed by atoms with van der Waals surface area (Å²) in [7, 11) is -2.73. The van der Waals surface area contributed by atoms with Crippen LogP contribution in [0.4, 0.5) is 20.4 Å². The number of halogens is 3. The van der Waals surface area contributed by atoms with E-state index in [0.717, 1.165) is 38.5 Å². The van der Waals surface area contributed by atoms with Crippen LogP contribution in [0.5, 0.6) is 5.75 Å². The lowest BCUT2D eigenvalue weighted by molar-refractivity contribution is 0.132. The maximum absolute atomic E-state index is 15.8. The molecule has 1 aromatic heterocycles. The van der Waals surface area contributed by atoms with E-state index in [9.17, 15) is 13.5 Å². The second-order valence-electron chi connectivity index (χ2n) is 10.7. The largest absolute Gasteiger partial charge is 0.489 e. The monoisotopic (exact) mass is 645 g/mol. The van der Waals surface area contributed by atoms with Gasteiger partial charge in [0.25, 0.3) is 10.0 Å². The number of ether oxygens (including phenoxy) is 2. The molecule has 1 fully saturated rings. The first kappa shape index (κ1) is 30.4. The van der Waals surface area contributed by atoms with Crippen LogP contribution in [-0.4, -0.2) is 74.4 Å². The molecule has 2 aliphatic heterocycles. The Bertz CT molecular complexity index is 1820. The molecule has 0 amide bonds. The van der Waals surface area contributed by atoms with Crippen molar-refractivity contribution in [3.8, 4) is 16.9 Å². The van der Waals surface area contributed by atoms with Gasteiger partial charge in [-0.2, -0.15) is 0 Å². The van der Waals surface area contributed by atoms with Crippen molar-refractivity contribution in [3.63, 3.8) is 0 Å². The number of aromatic nitrogens is 2. The van der Waals surface area contributed by atoms with Gasteiger partial charge in [-0.25, -0.2) is 27.2 Å². The number of aliphatic hydroxyl groups excluding tert-OH is 1. The minimum Gasteiger partial charge on any atom is -0.489 e. The van der Waals surface area contributed by atoms with Gasteiger partial charge >= 0.3 is 0 Å². The van der Waals surface area contributed by atoms with E-state index in [1.54, 1.807) is 13.2 Å². The number of fused-ring (bicyclic) bond motifs is 2. The first-order chi connectivity index (χ1) is 21.1. The number of nitrogens with zero attached hydrogens (tertiary/aromatic N) is 3. The van der Waals surface area contributed by atoms with E-state index < -0.39 is 33.4 Å². The van der Waals surface area contributed by atoms with Gasteiger partial charge in [-0.05, 0) is 43.2 Å². The highest BCUT2D eigenvalue weighted by atomic mass is 35.5. The Balaban J connectivity index is 1.23. The number of hydrogen-bond donors (Lipinski definition) is 3. The van der Waals surface area contributed by atoms with Crippen molar-refractivity contribution in [2.75, 3.05) is 50.0 Å². The number of anilines is 2. The molecule has 3 aromatic carbocycles. The van der Waals surface area contributed by atoms with E-state index in [1.165, 1.54) is 36.5 Å². The summed E-state index contributed by atoms with van der Waals surface area (Å²) in [6.07, 6.45) is 2.13. The molecule has 3 N–H and O–H groups in total. The second kappa shape index (κ2) is 12.4. The first-order valence-electron chi connectivity index (χ1n) is 14.0. The van der Waals surface area contributed by atoms with Crippen LogP contribution >= 0.6 is 11.6 Å². The molecule has 232 valence electrons. The maximum atomic E-state index is 15.8. The van der Waals surface area contributed by atoms with Crippen molar-refractivity contribution in [3.05, 3.63) is 70.9 Å². The van der Waals surface area contributed by atoms with E-state index in [1.807, 2.05) is 0 Å². The van der Waals surface area contributed by atoms with Gasteiger partial charge < -0.3 is 24.8 Å². The van der Waals surface area contributed by atoms with Gasteiger partial charge in [0, 0.05) is 60.7 Å². The van der Waals surface area contributed by atoms with Crippen LogP contribution in [0.3, 0.4) is 0 Å². The number of sulfonamides is 1. The van der Waals surface area contributed by atoms with Gasteiger partial charge in [-0.3, -0.25) is 4.72 Å². The van der Waals surface area contributed by atoms with Crippen LogP contribution < -0.4 is 14.8 Å². The summed E-state index contributed by atoms with van der Waals surface area (Å²) in [5, 5.41) is 13.6. The highest BCUT2D eigenvalue weighted by Gasteiger charge is 2.32. The number of methoxy groups -OCH3 is 1. The molecule has 2 aliphatic rings. The number of piperidine rings is 1. The fourth-order valence-electron chi connectivity index (χ4n) is 5.51. The third-order valence-electron chi connectivity index (χ3n) is 7.85. The van der Waals surface area contributed by atoms with Crippen molar-refractivity contribution in [1.82, 2.24) is 14.9 Å². The zero-order chi connectivity index (χ0) is 31.0. The van der Waals surface area contributed by atoms with Crippen LogP contribution in [-0.2, 0) is 14.8 Å². The molecule has 44 heavy (non-hydrogen) atoms. The van der Waals surface area contributed by atoms with E-state index >= 15 is 8.78 Å². The van der Waals surface area contributed by atoms with Crippen molar-refractivity contribution >= 4 is 44.2 Å². The zero-order valence-electron chi connectivity index (χ0n) is 23.7. The molecular formula is C30H30ClF2N5O5S. The van der Waals surface area contributed by atoms with Gasteiger partial charge in [0.15, 0.2) is 5.82 Å². The van der Waals surface area contributed by atoms with Crippen LogP contribution in [0, 0.1) is 11.6 Å². The van der Waals surface area contributed by atoms with E-state index in [-0.39, 0.29) is 50.4 Å². The van der Waals surface area contributed by atoms with Gasteiger partial charge in [0.2, 0.25) is 5.95 Å². The fourth-order valence-corrected chi connectivity index (χ4v) is 7.07. The molecule has 1 saturated heterocycles. The molecular weight excluding hydrogens is 616 g/mol. The Hall–Kier alpha value is -3.62. The third-order valence-corrected chi connectivity index (χ3v) is 9.44. The lowest BCUT2D eigenvalue weighted by Gasteiger charge is -2.32. The Labute approximate surface area is 258 Å². The molecule has 1 unspecified atom stereocenters. The van der Waals surface area contributed by atoms with Crippen LogP contribution in [0.2, 0.25) is 5.02 Å². The summed E-state index contributed by atoms with van der Waals surface area (Å²) in [4.78, 5) is 10.8. The van der Waals surface area contributed by atoms with Crippen LogP contribution in [0.15, 0.2) is 53.6 Å². The minimum atomic E-state index is -4.41. The lowest BCUT2D eigenvalue weighted by atomic mass is 10.0. The summed E-state index contributed by atoms with van der Waals surface area (Å²) in [5.41, 5.74) is -0.0861. The summed E-state index contributed by atoms with van der Waals surface area (Å²) in [5.74, 6) is -1.40. The smallest absolute Gasteiger partial charge is 0.265 e. The van der Waals surface area contributed by atoms with E-state index in [0.29, 0.717) is 18.1 Å². The number of likely N-dealkylation sites (tertiary alicyclic amines) is 1. The Morgan fingerprint density at radius 2 is 1.91 bits per heavy atom. The van der Waals surface area contributed by atoms with Crippen molar-refractivity contribution < 1.29 is 31.8 Å². The number of rotatable bonds is 9. The van der Waals surface area contributed by atoms with Gasteiger partial charge in [0.1, 0.15) is 29.2 Å². The SMILES string of the molecule is COCCN1CCC(Nc2ncc3c(F)c(-c4cccc(NS(=O)(=O)c5cc(Cl)cc6c5OCC6O)c4F)ccc3n2)CC1. The van der Waals surface area contributed by atoms with Gasteiger partial charge in [-0.15, -0.1) is 0 Å². The summed E-state index contributed by atoms with van der Waals surface area (Å²) >= 11 is 6.09. The summed E-state index contributed by atoms with van der Waals surface area (Å²) < 4.78 is 70.9. The summed E-state index contributed by atoms with van der Waals surface area (Å²) in [6, 6.07) is 9.70. The maximum Gasteiger partial charge on any atom is 0.265 e. The Morgan fingerprint density at radius 3 is 2.68 bits per heavy atom. The van der Waals surface area contributed by atoms with Crippen LogP contribution in [0.1, 0.15) is 24.5 Å². The molecule has 6 rings (SSSR count). The Morgan fingerprint density at radius 1 is 1.14 bits per heavy atom. The Kier molecular flexibility index (Phi) is 8.57. The molecule has 3 heterocycles. The molecule has 1 atom stereocenters. The zero-order valence-corrected chi connectivity index (χ0v) is 25.3. The van der Waals surface area contributed by atoms with Gasteiger partial charge in [-0.1, -0.05) is 23.7 Å². The van der Waals surface area contributed by atoms with E-state index in [4.69, 9.17) is 21.1 Å². The fraction of sp³-hybridized carbons (Fsp3) is 0.333. The number of nitrogens with one attached hydrogen (secondary N) is 2. The standard InChI is InChI=1S/C30H30ClF2N5O5S/c1-42-12-11-38-9-7-18(8-10-38)35-30-34-15-22-23(36-30)6-5-20(27(22)32)19-3-2-4-24(28(19)33)37-44(40,41)26-14-17(31)13-21-25(39)16-43-29(21)26/h2-6,13-15,18,25,37,39H,7-12,16H2,1H3,(H,34,35,36). The van der Waals surface area contributed by atoms with Crippen molar-refractivity contribution in [1.29, 1.82) is 0 Å². The molecule has 0 aliphatic carbocycles. The molecule has 0 radical (unpaired) electrons. The average molecular weight is 646 g/mol. The second-order valence-corrected chi connectivity index (χ2v) is 12.8. The normalized spacial score (nSPS) is 17.4. The molecule has 4 aromatic rings. The molecule has 0 spiro atoms. The third kappa shape index (κ3) is 6.02. The van der Waals surface area contributed by atoms with Crippen molar-refractivity contribution in [2.45, 2.75) is 29.9 Å². The topological polar surface area (TPSA) is 126 Å². The highest BCUT2D eigenvalue weighted by Crippen LogP contribution is 2.41. The van der Waals surface area contributed by atoms with Gasteiger partial charge in [0.05, 0.1) is 23.2 Å². The first-order valence-corrected chi connectivity index (χ1v) is 15.9. The predicted octanol–water partition coefficient (Wildman–Crippen LogP) is 4.98. The summed E-state index contributed by atoms with van der Waals surface area (Å²) in [6.45, 7) is 3.28.